The molecule has 2 saturated heterocycles. The molecular formula is C49H89N3O13. The molecule has 5 fully saturated rings. The van der Waals surface area contributed by atoms with Crippen LogP contribution in [0.2, 0.25) is 0 Å². The predicted molar refractivity (Wildman–Crippen MR) is 247 cm³/mol. The standard InChI is InChI=1S/C47H78N2O11.C2H7N.2H2O/c1-8-37-41(54)40(53)30(5)49(22-10-13-35(51)42(27(2)24-28(3)43(55)59-37)60-38-14-9-12-29(4)58-38)23-11-21-48-44(56)47(57)20-18-34-33-16-15-31-25-32(50)17-19-45(31,6)39(33)36(52)26-46(34,47)7;1-3-2;;/h25,27-30,33-42,51-54,57H,8-24,26H2,1-7H3,(H,48,56);3H,1-2H3;2*1H2/t27-,28+,29+,30+,33?,34?,35+,36-,37+,38-,39?,40+,41+,42?,45-,46-,47-;;;/m0.../s1. The van der Waals surface area contributed by atoms with Crippen molar-refractivity contribution in [2.24, 2.45) is 40.4 Å². The summed E-state index contributed by atoms with van der Waals surface area (Å²) in [6.07, 6.45) is 4.85. The van der Waals surface area contributed by atoms with Crippen LogP contribution in [0.5, 0.6) is 0 Å². The van der Waals surface area contributed by atoms with Gasteiger partial charge in [-0.2, -0.15) is 0 Å². The Morgan fingerprint density at radius 1 is 0.923 bits per heavy atom. The van der Waals surface area contributed by atoms with Gasteiger partial charge in [0.15, 0.2) is 12.1 Å². The maximum atomic E-state index is 14.1. The average Bonchev–Trinajstić information content (AvgIpc) is 3.51. The van der Waals surface area contributed by atoms with Gasteiger partial charge in [0.05, 0.1) is 36.4 Å². The van der Waals surface area contributed by atoms with Gasteiger partial charge in [-0.3, -0.25) is 19.3 Å². The molecule has 0 aromatic heterocycles. The third-order valence-electron chi connectivity index (χ3n) is 16.6. The Morgan fingerprint density at radius 3 is 2.28 bits per heavy atom. The van der Waals surface area contributed by atoms with Crippen molar-refractivity contribution in [3.63, 3.8) is 0 Å². The van der Waals surface area contributed by atoms with Gasteiger partial charge in [-0.1, -0.05) is 40.2 Å². The summed E-state index contributed by atoms with van der Waals surface area (Å²) < 4.78 is 18.4. The molecule has 16 heteroatoms. The molecule has 6 rings (SSSR count). The number of allylic oxidation sites excluding steroid dienone is 1. The minimum Gasteiger partial charge on any atom is -0.459 e. The summed E-state index contributed by atoms with van der Waals surface area (Å²) in [6, 6.07) is -0.559. The Kier molecular flexibility index (Phi) is 21.5. The van der Waals surface area contributed by atoms with Crippen LogP contribution in [-0.4, -0.2) is 153 Å². The van der Waals surface area contributed by atoms with Gasteiger partial charge in [-0.25, -0.2) is 0 Å². The summed E-state index contributed by atoms with van der Waals surface area (Å²) in [4.78, 5) is 41.8. The zero-order valence-corrected chi connectivity index (χ0v) is 41.0. The van der Waals surface area contributed by atoms with E-state index < -0.39 is 77.8 Å². The van der Waals surface area contributed by atoms with Gasteiger partial charge in [0.25, 0.3) is 5.91 Å². The van der Waals surface area contributed by atoms with Crippen LogP contribution in [0.4, 0.5) is 0 Å². The van der Waals surface area contributed by atoms with E-state index in [1.807, 2.05) is 59.7 Å². The summed E-state index contributed by atoms with van der Waals surface area (Å²) in [7, 11) is 3.75. The number of hydrogen-bond donors (Lipinski definition) is 7. The normalized spacial score (nSPS) is 42.9. The number of amides is 1. The average molecular weight is 928 g/mol. The number of rotatable bonds is 8. The smallest absolute Gasteiger partial charge is 0.309 e. The molecule has 0 aromatic rings. The first-order chi connectivity index (χ1) is 29.8. The number of aliphatic hydroxyl groups excluding tert-OH is 4. The lowest BCUT2D eigenvalue weighted by Crippen LogP contribution is -2.63. The van der Waals surface area contributed by atoms with Crippen molar-refractivity contribution >= 4 is 17.7 Å². The number of ether oxygens (including phenoxy) is 3. The van der Waals surface area contributed by atoms with Crippen LogP contribution in [0.3, 0.4) is 0 Å². The van der Waals surface area contributed by atoms with Gasteiger partial charge < -0.3 is 61.3 Å². The highest BCUT2D eigenvalue weighted by atomic mass is 16.7. The zero-order chi connectivity index (χ0) is 46.4. The molecule has 0 aromatic carbocycles. The first kappa shape index (κ1) is 57.2. The Balaban J connectivity index is 0.00000218. The van der Waals surface area contributed by atoms with E-state index in [9.17, 15) is 39.9 Å². The molecule has 1 amide bonds. The molecule has 17 atom stereocenters. The maximum absolute atomic E-state index is 14.1. The number of nitrogens with zero attached hydrogens (tertiary/aromatic N) is 1. The van der Waals surface area contributed by atoms with E-state index in [-0.39, 0.29) is 58.5 Å². The summed E-state index contributed by atoms with van der Waals surface area (Å²) in [5.74, 6) is -1.25. The SMILES string of the molecule is CC[C@H]1OC(=O)[C@H](C)C[C@H](C)C(O[C@H]2CCC[C@@H](C)O2)[C@H](O)CCCN(CCCNC(=O)[C@@]2(O)CCC3C4CCC5=CC(=O)CC[C@]5(C)C4[C@@H](O)C[C@@]32C)[C@H](C)[C@@H](O)[C@@H]1O.CNC.O.O. The Hall–Kier alpha value is -2.09. The van der Waals surface area contributed by atoms with Crippen molar-refractivity contribution < 1.29 is 65.1 Å². The van der Waals surface area contributed by atoms with Gasteiger partial charge in [0, 0.05) is 31.0 Å². The Morgan fingerprint density at radius 2 is 1.62 bits per heavy atom. The van der Waals surface area contributed by atoms with Crippen molar-refractivity contribution in [2.45, 2.75) is 205 Å². The van der Waals surface area contributed by atoms with Gasteiger partial charge in [-0.05, 0) is 160 Å². The van der Waals surface area contributed by atoms with Gasteiger partial charge >= 0.3 is 5.97 Å². The van der Waals surface area contributed by atoms with Crippen molar-refractivity contribution in [1.82, 2.24) is 15.5 Å². The second-order valence-corrected chi connectivity index (χ2v) is 21.0. The molecular weight excluding hydrogens is 839 g/mol. The molecule has 0 spiro atoms. The van der Waals surface area contributed by atoms with Crippen LogP contribution < -0.4 is 10.6 Å². The second kappa shape index (κ2) is 24.5. The number of nitrogens with one attached hydrogen (secondary N) is 2. The second-order valence-electron chi connectivity index (χ2n) is 21.0. The van der Waals surface area contributed by atoms with Gasteiger partial charge in [0.1, 0.15) is 17.8 Å². The van der Waals surface area contributed by atoms with E-state index in [0.29, 0.717) is 70.9 Å². The lowest BCUT2D eigenvalue weighted by molar-refractivity contribution is -0.236. The molecule has 16 nitrogen and oxygen atoms in total. The highest BCUT2D eigenvalue weighted by molar-refractivity contribution is 5.91. The van der Waals surface area contributed by atoms with E-state index in [1.165, 1.54) is 0 Å². The summed E-state index contributed by atoms with van der Waals surface area (Å²) in [6.45, 7) is 14.8. The third kappa shape index (κ3) is 12.4. The predicted octanol–water partition coefficient (Wildman–Crippen LogP) is 2.76. The lowest BCUT2D eigenvalue weighted by atomic mass is 9.45. The monoisotopic (exact) mass is 928 g/mol. The van der Waals surface area contributed by atoms with E-state index in [0.717, 1.165) is 44.1 Å². The summed E-state index contributed by atoms with van der Waals surface area (Å²) in [5.41, 5.74) is -1.55. The van der Waals surface area contributed by atoms with Crippen molar-refractivity contribution in [3.05, 3.63) is 11.6 Å². The molecule has 11 N–H and O–H groups in total. The van der Waals surface area contributed by atoms with E-state index >= 15 is 0 Å². The van der Waals surface area contributed by atoms with Crippen LogP contribution in [0.25, 0.3) is 0 Å². The van der Waals surface area contributed by atoms with Crippen LogP contribution >= 0.6 is 0 Å². The first-order valence-electron chi connectivity index (χ1n) is 24.6. The Labute approximate surface area is 388 Å². The molecule has 2 aliphatic heterocycles. The number of aliphatic hydroxyl groups is 5. The largest absolute Gasteiger partial charge is 0.459 e. The fraction of sp³-hybridized carbons (Fsp3) is 0.898. The number of carbonyl (C=O) groups is 3. The first-order valence-corrected chi connectivity index (χ1v) is 24.6. The molecule has 2 heterocycles. The quantitative estimate of drug-likeness (QED) is 0.137. The molecule has 4 unspecified atom stereocenters. The van der Waals surface area contributed by atoms with Gasteiger partial charge in [-0.15, -0.1) is 0 Å². The zero-order valence-electron chi connectivity index (χ0n) is 41.0. The van der Waals surface area contributed by atoms with Crippen LogP contribution in [-0.2, 0) is 28.6 Å². The maximum Gasteiger partial charge on any atom is 0.309 e. The van der Waals surface area contributed by atoms with Crippen molar-refractivity contribution in [2.75, 3.05) is 33.7 Å². The lowest BCUT2D eigenvalue weighted by Gasteiger charge is -2.60. The minimum atomic E-state index is -1.64. The fourth-order valence-electron chi connectivity index (χ4n) is 12.9. The number of cyclic esters (lactones) is 1. The van der Waals surface area contributed by atoms with E-state index in [2.05, 4.69) is 17.6 Å². The molecule has 6 aliphatic rings. The number of carbonyl (C=O) groups excluding carboxylic acids is 3. The highest BCUT2D eigenvalue weighted by Crippen LogP contribution is 2.67. The third-order valence-corrected chi connectivity index (χ3v) is 16.6. The molecule has 0 bridgehead atoms. The number of ketones is 1. The molecule has 65 heavy (non-hydrogen) atoms. The van der Waals surface area contributed by atoms with Crippen molar-refractivity contribution in [1.29, 1.82) is 0 Å². The summed E-state index contributed by atoms with van der Waals surface area (Å²) in [5, 5.41) is 64.4. The molecule has 3 saturated carbocycles. The highest BCUT2D eigenvalue weighted by Gasteiger charge is 2.68. The van der Waals surface area contributed by atoms with E-state index in [1.54, 1.807) is 6.92 Å². The molecule has 4 aliphatic carbocycles. The van der Waals surface area contributed by atoms with Crippen LogP contribution in [0, 0.1) is 40.4 Å². The molecule has 0 radical (unpaired) electrons. The number of hydrogen-bond acceptors (Lipinski definition) is 13. The molecule has 378 valence electrons. The Bertz CT molecular complexity index is 1570. The van der Waals surface area contributed by atoms with E-state index in [4.69, 9.17) is 14.2 Å². The topological polar surface area (TPSA) is 270 Å². The summed E-state index contributed by atoms with van der Waals surface area (Å²) >= 11 is 0. The minimum absolute atomic E-state index is 0. The van der Waals surface area contributed by atoms with Crippen LogP contribution in [0.15, 0.2) is 11.6 Å². The number of esters is 1. The van der Waals surface area contributed by atoms with Crippen LogP contribution in [0.1, 0.15) is 145 Å². The van der Waals surface area contributed by atoms with Gasteiger partial charge in [0.2, 0.25) is 0 Å². The van der Waals surface area contributed by atoms with Crippen molar-refractivity contribution in [3.8, 4) is 0 Å². The fourth-order valence-corrected chi connectivity index (χ4v) is 12.9. The number of fused-ring (bicyclic) bond motifs is 5.